The first kappa shape index (κ1) is 29.2. The Bertz CT molecular complexity index is 1930. The molecule has 44 heavy (non-hydrogen) atoms. The zero-order valence-electron chi connectivity index (χ0n) is 24.4. The molecule has 2 aromatic heterocycles. The average molecular weight is 614 g/mol. The van der Waals surface area contributed by atoms with E-state index in [2.05, 4.69) is 15.1 Å². The Hall–Kier alpha value is -4.87. The second-order valence-electron chi connectivity index (χ2n) is 10.7. The lowest BCUT2D eigenvalue weighted by Crippen LogP contribution is -2.49. The molecule has 0 bridgehead atoms. The van der Waals surface area contributed by atoms with Gasteiger partial charge in [-0.2, -0.15) is 4.98 Å². The molecule has 3 aromatic carbocycles. The number of aryl methyl sites for hydroxylation is 1. The minimum atomic E-state index is -0.439. The van der Waals surface area contributed by atoms with Crippen molar-refractivity contribution >= 4 is 40.3 Å². The van der Waals surface area contributed by atoms with Crippen molar-refractivity contribution in [3.8, 4) is 11.5 Å². The number of carbonyl (C=O) groups excluding carboxylic acids is 1. The molecule has 12 heteroatoms. The highest BCUT2D eigenvalue weighted by Gasteiger charge is 2.26. The molecular formula is C32H32ClN7O4. The summed E-state index contributed by atoms with van der Waals surface area (Å²) in [6.07, 6.45) is 0. The van der Waals surface area contributed by atoms with Gasteiger partial charge in [-0.05, 0) is 48.0 Å². The predicted molar refractivity (Wildman–Crippen MR) is 171 cm³/mol. The molecule has 226 valence electrons. The van der Waals surface area contributed by atoms with E-state index in [9.17, 15) is 14.4 Å². The molecule has 1 saturated heterocycles. The van der Waals surface area contributed by atoms with Crippen molar-refractivity contribution in [1.82, 2.24) is 23.6 Å². The summed E-state index contributed by atoms with van der Waals surface area (Å²) in [5, 5.41) is 3.54. The lowest BCUT2D eigenvalue weighted by atomic mass is 10.2. The number of anilines is 2. The number of benzene rings is 3. The van der Waals surface area contributed by atoms with Gasteiger partial charge in [0.05, 0.1) is 13.1 Å². The van der Waals surface area contributed by atoms with Gasteiger partial charge in [0.2, 0.25) is 11.9 Å². The molecule has 1 N–H and O–H groups in total. The molecule has 0 spiro atoms. The minimum absolute atomic E-state index is 0.111. The average Bonchev–Trinajstić information content (AvgIpc) is 3.41. The molecule has 5 aromatic rings. The Balaban J connectivity index is 1.14. The van der Waals surface area contributed by atoms with E-state index in [-0.39, 0.29) is 12.5 Å². The molecule has 0 radical (unpaired) electrons. The second-order valence-corrected chi connectivity index (χ2v) is 11.1. The van der Waals surface area contributed by atoms with Crippen LogP contribution < -0.4 is 26.2 Å². The Morgan fingerprint density at radius 1 is 0.864 bits per heavy atom. The summed E-state index contributed by atoms with van der Waals surface area (Å²) in [5.74, 6) is 1.90. The van der Waals surface area contributed by atoms with Gasteiger partial charge in [-0.25, -0.2) is 4.79 Å². The first-order valence-corrected chi connectivity index (χ1v) is 14.7. The molecule has 1 amide bonds. The number of para-hydroxylation sites is 1. The maximum absolute atomic E-state index is 13.3. The van der Waals surface area contributed by atoms with Crippen LogP contribution in [0, 0.1) is 0 Å². The predicted octanol–water partition coefficient (Wildman–Crippen LogP) is 3.69. The number of hydrogen-bond acceptors (Lipinski definition) is 7. The number of piperazine rings is 1. The Morgan fingerprint density at radius 3 is 2.23 bits per heavy atom. The topological polar surface area (TPSA) is 107 Å². The van der Waals surface area contributed by atoms with E-state index >= 15 is 0 Å². The third kappa shape index (κ3) is 5.97. The van der Waals surface area contributed by atoms with Gasteiger partial charge < -0.3 is 15.0 Å². The van der Waals surface area contributed by atoms with Crippen LogP contribution in [-0.4, -0.2) is 62.2 Å². The van der Waals surface area contributed by atoms with Gasteiger partial charge in [0.25, 0.3) is 5.56 Å². The number of halogens is 1. The maximum atomic E-state index is 13.3. The molecule has 1 fully saturated rings. The highest BCUT2D eigenvalue weighted by atomic mass is 35.5. The Labute approximate surface area is 258 Å². The highest BCUT2D eigenvalue weighted by Crippen LogP contribution is 2.26. The summed E-state index contributed by atoms with van der Waals surface area (Å²) >= 11 is 6.49. The molecule has 0 unspecified atom stereocenters. The molecule has 0 saturated carbocycles. The van der Waals surface area contributed by atoms with Crippen LogP contribution in [0.25, 0.3) is 11.2 Å². The van der Waals surface area contributed by atoms with Crippen molar-refractivity contribution in [2.24, 2.45) is 14.1 Å². The van der Waals surface area contributed by atoms with Crippen LogP contribution in [0.3, 0.4) is 0 Å². The van der Waals surface area contributed by atoms with E-state index in [1.807, 2.05) is 77.4 Å². The highest BCUT2D eigenvalue weighted by molar-refractivity contribution is 6.31. The number of aromatic nitrogens is 4. The smallest absolute Gasteiger partial charge is 0.332 e. The van der Waals surface area contributed by atoms with Gasteiger partial charge in [-0.15, -0.1) is 0 Å². The van der Waals surface area contributed by atoms with E-state index in [1.54, 1.807) is 13.1 Å². The quantitative estimate of drug-likeness (QED) is 0.285. The van der Waals surface area contributed by atoms with Crippen molar-refractivity contribution in [3.05, 3.63) is 110 Å². The molecule has 1 aliphatic rings. The third-order valence-electron chi connectivity index (χ3n) is 7.75. The number of nitrogens with one attached hydrogen (secondary N) is 1. The van der Waals surface area contributed by atoms with Gasteiger partial charge in [0.15, 0.2) is 11.2 Å². The Kier molecular flexibility index (Phi) is 8.23. The summed E-state index contributed by atoms with van der Waals surface area (Å²) in [4.78, 5) is 47.8. The molecule has 6 rings (SSSR count). The normalized spacial score (nSPS) is 13.8. The third-order valence-corrected chi connectivity index (χ3v) is 8.12. The van der Waals surface area contributed by atoms with E-state index in [4.69, 9.17) is 21.3 Å². The van der Waals surface area contributed by atoms with Crippen molar-refractivity contribution in [2.45, 2.75) is 6.54 Å². The summed E-state index contributed by atoms with van der Waals surface area (Å²) < 4.78 is 10.2. The van der Waals surface area contributed by atoms with E-state index < -0.39 is 11.2 Å². The molecule has 0 aliphatic carbocycles. The lowest BCUT2D eigenvalue weighted by Gasteiger charge is -2.35. The molecule has 11 nitrogen and oxygen atoms in total. The number of hydrogen-bond donors (Lipinski definition) is 1. The lowest BCUT2D eigenvalue weighted by molar-refractivity contribution is -0.117. The monoisotopic (exact) mass is 613 g/mol. The fraction of sp³-hybridized carbons (Fsp3) is 0.250. The number of rotatable bonds is 8. The van der Waals surface area contributed by atoms with Crippen molar-refractivity contribution < 1.29 is 9.53 Å². The first-order valence-electron chi connectivity index (χ1n) is 14.3. The number of carbonyl (C=O) groups is 1. The number of amides is 1. The number of nitrogens with zero attached hydrogens (tertiary/aromatic N) is 6. The fourth-order valence-corrected chi connectivity index (χ4v) is 5.56. The van der Waals surface area contributed by atoms with Crippen LogP contribution in [0.4, 0.5) is 11.6 Å². The van der Waals surface area contributed by atoms with Crippen molar-refractivity contribution in [2.75, 3.05) is 42.9 Å². The van der Waals surface area contributed by atoms with Crippen molar-refractivity contribution in [1.29, 1.82) is 0 Å². The van der Waals surface area contributed by atoms with Gasteiger partial charge in [-0.3, -0.25) is 28.2 Å². The van der Waals surface area contributed by atoms with Crippen LogP contribution in [0.15, 0.2) is 88.5 Å². The maximum Gasteiger partial charge on any atom is 0.332 e. The largest absolute Gasteiger partial charge is 0.457 e. The second kappa shape index (κ2) is 12.4. The summed E-state index contributed by atoms with van der Waals surface area (Å²) in [5.41, 5.74) is 1.33. The molecule has 1 aliphatic heterocycles. The minimum Gasteiger partial charge on any atom is -0.457 e. The van der Waals surface area contributed by atoms with Crippen LogP contribution >= 0.6 is 11.6 Å². The number of ether oxygens (including phenoxy) is 1. The van der Waals surface area contributed by atoms with Crippen molar-refractivity contribution in [3.63, 3.8) is 0 Å². The molecule has 3 heterocycles. The van der Waals surface area contributed by atoms with Gasteiger partial charge in [-0.1, -0.05) is 48.0 Å². The van der Waals surface area contributed by atoms with Crippen LogP contribution in [-0.2, 0) is 25.4 Å². The van der Waals surface area contributed by atoms with Crippen LogP contribution in [0.1, 0.15) is 5.56 Å². The fourth-order valence-electron chi connectivity index (χ4n) is 5.36. The van der Waals surface area contributed by atoms with Gasteiger partial charge >= 0.3 is 5.69 Å². The van der Waals surface area contributed by atoms with Crippen LogP contribution in [0.2, 0.25) is 5.02 Å². The van der Waals surface area contributed by atoms with E-state index in [0.717, 1.165) is 15.9 Å². The summed E-state index contributed by atoms with van der Waals surface area (Å²) in [7, 11) is 3.08. The molecular weight excluding hydrogens is 582 g/mol. The summed E-state index contributed by atoms with van der Waals surface area (Å²) in [6, 6.07) is 24.2. The Morgan fingerprint density at radius 2 is 1.52 bits per heavy atom. The number of fused-ring (bicyclic) bond motifs is 1. The number of imidazole rings is 1. The standard InChI is InChI=1S/C32H32ClN7O4/c1-36-29-28(30(42)37(2)32(36)43)40(20-22-8-6-7-11-26(22)33)31(35-29)39-18-16-38(17-19-39)21-27(41)34-23-12-14-25(15-13-23)44-24-9-4-3-5-10-24/h3-15H,16-21H2,1-2H3,(H,34,41). The van der Waals surface area contributed by atoms with E-state index in [0.29, 0.717) is 66.3 Å². The van der Waals surface area contributed by atoms with Gasteiger partial charge in [0, 0.05) is 51.0 Å². The van der Waals surface area contributed by atoms with E-state index in [1.165, 1.54) is 11.6 Å². The molecule has 0 atom stereocenters. The SMILES string of the molecule is Cn1c(=O)c2c(nc(N3CCN(CC(=O)Nc4ccc(Oc5ccccc5)cc4)CC3)n2Cc2ccccc2Cl)n(C)c1=O. The van der Waals surface area contributed by atoms with Crippen LogP contribution in [0.5, 0.6) is 11.5 Å². The zero-order valence-corrected chi connectivity index (χ0v) is 25.2. The zero-order chi connectivity index (χ0) is 30.8. The first-order chi connectivity index (χ1) is 21.3. The van der Waals surface area contributed by atoms with Gasteiger partial charge in [0.1, 0.15) is 11.5 Å². The summed E-state index contributed by atoms with van der Waals surface area (Å²) in [6.45, 7) is 2.95.